The molecular weight excluding hydrogens is 304 g/mol. The minimum Gasteiger partial charge on any atom is -0.342 e. The zero-order valence-corrected chi connectivity index (χ0v) is 13.8. The Labute approximate surface area is 142 Å². The largest absolute Gasteiger partial charge is 0.342 e. The van der Waals surface area contributed by atoms with Crippen LogP contribution < -0.4 is 0 Å². The van der Waals surface area contributed by atoms with E-state index in [4.69, 9.17) is 5.26 Å². The molecule has 0 bridgehead atoms. The van der Waals surface area contributed by atoms with Crippen molar-refractivity contribution < 1.29 is 9.59 Å². The molecule has 1 aromatic rings. The Balaban J connectivity index is 1.49. The molecule has 24 heavy (non-hydrogen) atoms. The predicted molar refractivity (Wildman–Crippen MR) is 89.3 cm³/mol. The van der Waals surface area contributed by atoms with Crippen molar-refractivity contribution in [3.8, 4) is 6.07 Å². The van der Waals surface area contributed by atoms with Crippen LogP contribution in [0.15, 0.2) is 24.3 Å². The van der Waals surface area contributed by atoms with Crippen LogP contribution in [-0.2, 0) is 4.79 Å². The molecule has 2 amide bonds. The lowest BCUT2D eigenvalue weighted by molar-refractivity contribution is -0.131. The third-order valence-corrected chi connectivity index (χ3v) is 4.74. The van der Waals surface area contributed by atoms with Crippen LogP contribution in [0.1, 0.15) is 28.8 Å². The van der Waals surface area contributed by atoms with Crippen LogP contribution in [0.4, 0.5) is 0 Å². The summed E-state index contributed by atoms with van der Waals surface area (Å²) in [5.41, 5.74) is 1.16. The number of amides is 2. The molecule has 0 N–H and O–H groups in total. The standard InChI is InChI=1S/C18H22N4O2/c19-13-15-3-5-16(6-4-15)18(24)22-11-9-20(10-12-22)14-17(23)21-7-1-2-8-21/h3-6H,1-2,7-12,14H2. The molecule has 0 radical (unpaired) electrons. The summed E-state index contributed by atoms with van der Waals surface area (Å²) in [7, 11) is 0. The van der Waals surface area contributed by atoms with Crippen molar-refractivity contribution in [1.29, 1.82) is 5.26 Å². The highest BCUT2D eigenvalue weighted by atomic mass is 16.2. The summed E-state index contributed by atoms with van der Waals surface area (Å²) in [6, 6.07) is 8.78. The maximum Gasteiger partial charge on any atom is 0.253 e. The van der Waals surface area contributed by atoms with Crippen molar-refractivity contribution in [3.63, 3.8) is 0 Å². The number of rotatable bonds is 3. The molecule has 2 heterocycles. The highest BCUT2D eigenvalue weighted by Crippen LogP contribution is 2.12. The number of hydrogen-bond donors (Lipinski definition) is 0. The Bertz CT molecular complexity index is 636. The van der Waals surface area contributed by atoms with Gasteiger partial charge in [-0.2, -0.15) is 5.26 Å². The predicted octanol–water partition coefficient (Wildman–Crippen LogP) is 0.938. The summed E-state index contributed by atoms with van der Waals surface area (Å²) < 4.78 is 0. The molecule has 0 spiro atoms. The summed E-state index contributed by atoms with van der Waals surface area (Å²) >= 11 is 0. The van der Waals surface area contributed by atoms with Crippen molar-refractivity contribution in [3.05, 3.63) is 35.4 Å². The van der Waals surface area contributed by atoms with Crippen molar-refractivity contribution >= 4 is 11.8 Å². The lowest BCUT2D eigenvalue weighted by Gasteiger charge is -2.35. The van der Waals surface area contributed by atoms with Crippen LogP contribution in [0.5, 0.6) is 0 Å². The van der Waals surface area contributed by atoms with E-state index in [1.165, 1.54) is 0 Å². The molecular formula is C18H22N4O2. The van der Waals surface area contributed by atoms with E-state index in [9.17, 15) is 9.59 Å². The zero-order chi connectivity index (χ0) is 16.9. The van der Waals surface area contributed by atoms with Crippen LogP contribution in [0.25, 0.3) is 0 Å². The van der Waals surface area contributed by atoms with Gasteiger partial charge in [0.2, 0.25) is 5.91 Å². The fraction of sp³-hybridized carbons (Fsp3) is 0.500. The average molecular weight is 326 g/mol. The fourth-order valence-electron chi connectivity index (χ4n) is 3.24. The second-order valence-electron chi connectivity index (χ2n) is 6.35. The highest BCUT2D eigenvalue weighted by molar-refractivity contribution is 5.94. The molecule has 6 nitrogen and oxygen atoms in total. The Kier molecular flexibility index (Phi) is 5.11. The van der Waals surface area contributed by atoms with Crippen LogP contribution in [-0.4, -0.2) is 72.3 Å². The van der Waals surface area contributed by atoms with E-state index in [1.54, 1.807) is 24.3 Å². The van der Waals surface area contributed by atoms with Gasteiger partial charge >= 0.3 is 0 Å². The quantitative estimate of drug-likeness (QED) is 0.829. The molecule has 3 rings (SSSR count). The van der Waals surface area contributed by atoms with Gasteiger partial charge in [0.1, 0.15) is 0 Å². The molecule has 0 aliphatic carbocycles. The molecule has 1 aromatic carbocycles. The summed E-state index contributed by atoms with van der Waals surface area (Å²) in [6.45, 7) is 4.94. The minimum atomic E-state index is -0.00925. The van der Waals surface area contributed by atoms with Crippen LogP contribution >= 0.6 is 0 Å². The third kappa shape index (κ3) is 3.74. The SMILES string of the molecule is N#Cc1ccc(C(=O)N2CCN(CC(=O)N3CCCC3)CC2)cc1. The molecule has 0 unspecified atom stereocenters. The first kappa shape index (κ1) is 16.5. The van der Waals surface area contributed by atoms with Gasteiger partial charge in [0.15, 0.2) is 0 Å². The molecule has 0 saturated carbocycles. The summed E-state index contributed by atoms with van der Waals surface area (Å²) in [5.74, 6) is 0.198. The number of nitrogens with zero attached hydrogens (tertiary/aromatic N) is 4. The number of nitriles is 1. The lowest BCUT2D eigenvalue weighted by atomic mass is 10.1. The molecule has 126 valence electrons. The Morgan fingerprint density at radius 1 is 0.917 bits per heavy atom. The van der Waals surface area contributed by atoms with Gasteiger partial charge in [-0.3, -0.25) is 14.5 Å². The highest BCUT2D eigenvalue weighted by Gasteiger charge is 2.25. The summed E-state index contributed by atoms with van der Waals surface area (Å²) in [4.78, 5) is 30.6. The molecule has 2 aliphatic rings. The fourth-order valence-corrected chi connectivity index (χ4v) is 3.24. The van der Waals surface area contributed by atoms with Crippen molar-refractivity contribution in [1.82, 2.24) is 14.7 Å². The maximum atomic E-state index is 12.5. The molecule has 6 heteroatoms. The van der Waals surface area contributed by atoms with Gasteiger partial charge in [0, 0.05) is 44.8 Å². The van der Waals surface area contributed by atoms with Gasteiger partial charge < -0.3 is 9.80 Å². The smallest absolute Gasteiger partial charge is 0.253 e. The Morgan fingerprint density at radius 3 is 2.12 bits per heavy atom. The van der Waals surface area contributed by atoms with E-state index < -0.39 is 0 Å². The van der Waals surface area contributed by atoms with Gasteiger partial charge in [0.05, 0.1) is 18.2 Å². The molecule has 2 saturated heterocycles. The zero-order valence-electron chi connectivity index (χ0n) is 13.8. The van der Waals surface area contributed by atoms with Gasteiger partial charge in [-0.25, -0.2) is 0 Å². The van der Waals surface area contributed by atoms with Crippen molar-refractivity contribution in [2.45, 2.75) is 12.8 Å². The number of hydrogen-bond acceptors (Lipinski definition) is 4. The minimum absolute atomic E-state index is 0.00925. The first-order chi connectivity index (χ1) is 11.7. The number of carbonyl (C=O) groups is 2. The monoisotopic (exact) mass is 326 g/mol. The molecule has 2 aliphatic heterocycles. The van der Waals surface area contributed by atoms with Crippen LogP contribution in [0.3, 0.4) is 0 Å². The first-order valence-corrected chi connectivity index (χ1v) is 8.47. The van der Waals surface area contributed by atoms with Gasteiger partial charge in [-0.1, -0.05) is 0 Å². The molecule has 0 aromatic heterocycles. The summed E-state index contributed by atoms with van der Waals surface area (Å²) in [6.07, 6.45) is 2.22. The van der Waals surface area contributed by atoms with E-state index in [0.717, 1.165) is 39.0 Å². The summed E-state index contributed by atoms with van der Waals surface area (Å²) in [5, 5.41) is 8.81. The third-order valence-electron chi connectivity index (χ3n) is 4.74. The Hall–Kier alpha value is -2.39. The Morgan fingerprint density at radius 2 is 1.54 bits per heavy atom. The van der Waals surface area contributed by atoms with Crippen LogP contribution in [0.2, 0.25) is 0 Å². The maximum absolute atomic E-state index is 12.5. The average Bonchev–Trinajstić information content (AvgIpc) is 3.17. The lowest BCUT2D eigenvalue weighted by Crippen LogP contribution is -2.51. The van der Waals surface area contributed by atoms with E-state index in [0.29, 0.717) is 30.8 Å². The number of piperazine rings is 1. The number of benzene rings is 1. The van der Waals surface area contributed by atoms with Crippen molar-refractivity contribution in [2.24, 2.45) is 0 Å². The number of carbonyl (C=O) groups excluding carboxylic acids is 2. The normalized spacial score (nSPS) is 18.5. The first-order valence-electron chi connectivity index (χ1n) is 8.47. The number of likely N-dealkylation sites (tertiary alicyclic amines) is 1. The molecule has 2 fully saturated rings. The van der Waals surface area contributed by atoms with E-state index in [-0.39, 0.29) is 11.8 Å². The van der Waals surface area contributed by atoms with E-state index in [1.807, 2.05) is 9.80 Å². The van der Waals surface area contributed by atoms with Gasteiger partial charge in [0.25, 0.3) is 5.91 Å². The van der Waals surface area contributed by atoms with Crippen LogP contribution in [0, 0.1) is 11.3 Å². The van der Waals surface area contributed by atoms with E-state index >= 15 is 0 Å². The van der Waals surface area contributed by atoms with E-state index in [2.05, 4.69) is 11.0 Å². The second-order valence-corrected chi connectivity index (χ2v) is 6.35. The second kappa shape index (κ2) is 7.45. The topological polar surface area (TPSA) is 67.6 Å². The van der Waals surface area contributed by atoms with Gasteiger partial charge in [-0.15, -0.1) is 0 Å². The van der Waals surface area contributed by atoms with Gasteiger partial charge in [-0.05, 0) is 37.1 Å². The van der Waals surface area contributed by atoms with Crippen molar-refractivity contribution in [2.75, 3.05) is 45.8 Å². The molecule has 0 atom stereocenters.